The van der Waals surface area contributed by atoms with Crippen LogP contribution in [0.3, 0.4) is 0 Å². The molecule has 0 aliphatic carbocycles. The maximum Gasteiger partial charge on any atom is 0.199 e. The van der Waals surface area contributed by atoms with Gasteiger partial charge in [0, 0.05) is 12.4 Å². The number of phenolic OH excluding ortho intramolecular Hbond substituents is 1. The fraction of sp³-hybridized carbons (Fsp3) is 0. The number of para-hydroxylation sites is 1. The molecule has 3 aromatic rings. The fourth-order valence-electron chi connectivity index (χ4n) is 1.89. The van der Waals surface area contributed by atoms with Crippen LogP contribution in [0.15, 0.2) is 42.9 Å². The molecule has 0 fully saturated rings. The number of ketones is 1. The second-order valence-electron chi connectivity index (χ2n) is 4.13. The molecule has 2 heterocycles. The van der Waals surface area contributed by atoms with Crippen LogP contribution in [0.25, 0.3) is 5.65 Å². The summed E-state index contributed by atoms with van der Waals surface area (Å²) in [5.41, 5.74) is 1.21. The molecular weight excluding hydrogens is 256 g/mol. The summed E-state index contributed by atoms with van der Waals surface area (Å²) in [5, 5.41) is 22.5. The highest BCUT2D eigenvalue weighted by molar-refractivity contribution is 6.10. The topological polar surface area (TPSA) is 91.3 Å². The molecule has 6 heteroatoms. The standard InChI is InChI=1S/C14H8N4O2/c15-5-9-7-17-18-8-10(6-16-14(9)18)13(20)11-3-1-2-4-12(11)19/h1-4,6-8,19H. The van der Waals surface area contributed by atoms with E-state index < -0.39 is 0 Å². The SMILES string of the molecule is N#Cc1cnn2cc(C(=O)c3ccccc3O)cnc12. The van der Waals surface area contributed by atoms with Crippen molar-refractivity contribution in [2.75, 3.05) is 0 Å². The molecule has 0 saturated carbocycles. The molecule has 0 spiro atoms. The molecule has 1 aromatic carbocycles. The molecule has 6 nitrogen and oxygen atoms in total. The van der Waals surface area contributed by atoms with E-state index in [0.29, 0.717) is 11.2 Å². The first-order valence-electron chi connectivity index (χ1n) is 5.77. The van der Waals surface area contributed by atoms with Gasteiger partial charge < -0.3 is 5.11 Å². The molecule has 3 rings (SSSR count). The summed E-state index contributed by atoms with van der Waals surface area (Å²) < 4.78 is 1.37. The number of aromatic hydroxyl groups is 1. The summed E-state index contributed by atoms with van der Waals surface area (Å²) in [6, 6.07) is 8.25. The lowest BCUT2D eigenvalue weighted by atomic mass is 10.1. The second-order valence-corrected chi connectivity index (χ2v) is 4.13. The lowest BCUT2D eigenvalue weighted by Crippen LogP contribution is -2.05. The zero-order chi connectivity index (χ0) is 14.1. The largest absolute Gasteiger partial charge is 0.507 e. The Bertz CT molecular complexity index is 861. The predicted molar refractivity (Wildman–Crippen MR) is 69.2 cm³/mol. The zero-order valence-electron chi connectivity index (χ0n) is 10.2. The van der Waals surface area contributed by atoms with Gasteiger partial charge in [0.1, 0.15) is 17.4 Å². The van der Waals surface area contributed by atoms with E-state index in [9.17, 15) is 9.90 Å². The molecule has 96 valence electrons. The van der Waals surface area contributed by atoms with Crippen LogP contribution in [-0.2, 0) is 0 Å². The van der Waals surface area contributed by atoms with Crippen LogP contribution in [-0.4, -0.2) is 25.5 Å². The Kier molecular flexibility index (Phi) is 2.66. The third-order valence-corrected chi connectivity index (χ3v) is 2.89. The summed E-state index contributed by atoms with van der Waals surface area (Å²) >= 11 is 0. The van der Waals surface area contributed by atoms with E-state index in [0.717, 1.165) is 0 Å². The first-order chi connectivity index (χ1) is 9.70. The lowest BCUT2D eigenvalue weighted by molar-refractivity contribution is 0.103. The summed E-state index contributed by atoms with van der Waals surface area (Å²) in [7, 11) is 0. The molecule has 0 unspecified atom stereocenters. The minimum atomic E-state index is -0.355. The minimum absolute atomic E-state index is 0.0872. The Balaban J connectivity index is 2.09. The summed E-state index contributed by atoms with van der Waals surface area (Å²) in [6.07, 6.45) is 4.24. The summed E-state index contributed by atoms with van der Waals surface area (Å²) in [6.45, 7) is 0. The van der Waals surface area contributed by atoms with Gasteiger partial charge in [0.15, 0.2) is 11.4 Å². The van der Waals surface area contributed by atoms with Gasteiger partial charge in [0.25, 0.3) is 0 Å². The molecule has 2 aromatic heterocycles. The van der Waals surface area contributed by atoms with E-state index in [-0.39, 0.29) is 22.7 Å². The first-order valence-corrected chi connectivity index (χ1v) is 5.77. The normalized spacial score (nSPS) is 10.3. The molecule has 20 heavy (non-hydrogen) atoms. The van der Waals surface area contributed by atoms with Gasteiger partial charge in [-0.05, 0) is 12.1 Å². The highest BCUT2D eigenvalue weighted by atomic mass is 16.3. The summed E-state index contributed by atoms with van der Waals surface area (Å²) in [4.78, 5) is 16.3. The number of carbonyl (C=O) groups excluding carboxylic acids is 1. The Labute approximate surface area is 113 Å². The number of nitrogens with zero attached hydrogens (tertiary/aromatic N) is 4. The molecule has 0 aliphatic rings. The average Bonchev–Trinajstić information content (AvgIpc) is 2.89. The van der Waals surface area contributed by atoms with Crippen molar-refractivity contribution in [3.8, 4) is 11.8 Å². The molecule has 0 atom stereocenters. The maximum absolute atomic E-state index is 12.3. The number of benzene rings is 1. The fourth-order valence-corrected chi connectivity index (χ4v) is 1.89. The molecular formula is C14H8N4O2. The Morgan fingerprint density at radius 2 is 2.10 bits per heavy atom. The van der Waals surface area contributed by atoms with Crippen molar-refractivity contribution in [2.24, 2.45) is 0 Å². The number of rotatable bonds is 2. The molecule has 0 radical (unpaired) electrons. The van der Waals surface area contributed by atoms with Crippen LogP contribution in [0, 0.1) is 11.3 Å². The van der Waals surface area contributed by atoms with E-state index in [2.05, 4.69) is 10.1 Å². The van der Waals surface area contributed by atoms with Crippen molar-refractivity contribution in [3.05, 3.63) is 59.5 Å². The number of hydrogen-bond donors (Lipinski definition) is 1. The average molecular weight is 264 g/mol. The highest BCUT2D eigenvalue weighted by Crippen LogP contribution is 2.19. The highest BCUT2D eigenvalue weighted by Gasteiger charge is 2.15. The van der Waals surface area contributed by atoms with E-state index in [4.69, 9.17) is 5.26 Å². The van der Waals surface area contributed by atoms with Crippen molar-refractivity contribution in [2.45, 2.75) is 0 Å². The third-order valence-electron chi connectivity index (χ3n) is 2.89. The van der Waals surface area contributed by atoms with Gasteiger partial charge in [-0.15, -0.1) is 0 Å². The minimum Gasteiger partial charge on any atom is -0.507 e. The molecule has 0 aliphatic heterocycles. The first kappa shape index (κ1) is 11.9. The predicted octanol–water partition coefficient (Wildman–Crippen LogP) is 1.54. The number of fused-ring (bicyclic) bond motifs is 1. The monoisotopic (exact) mass is 264 g/mol. The number of nitriles is 1. The lowest BCUT2D eigenvalue weighted by Gasteiger charge is -2.03. The van der Waals surface area contributed by atoms with Gasteiger partial charge in [-0.2, -0.15) is 10.4 Å². The van der Waals surface area contributed by atoms with E-state index in [1.54, 1.807) is 12.1 Å². The quantitative estimate of drug-likeness (QED) is 0.709. The van der Waals surface area contributed by atoms with Gasteiger partial charge in [0.05, 0.1) is 17.3 Å². The van der Waals surface area contributed by atoms with E-state index in [1.165, 1.54) is 35.2 Å². The number of carbonyl (C=O) groups is 1. The van der Waals surface area contributed by atoms with Gasteiger partial charge in [0.2, 0.25) is 0 Å². The molecule has 0 bridgehead atoms. The zero-order valence-corrected chi connectivity index (χ0v) is 10.2. The van der Waals surface area contributed by atoms with Crippen LogP contribution in [0.4, 0.5) is 0 Å². The van der Waals surface area contributed by atoms with Crippen molar-refractivity contribution in [3.63, 3.8) is 0 Å². The van der Waals surface area contributed by atoms with E-state index >= 15 is 0 Å². The summed E-state index contributed by atoms with van der Waals surface area (Å²) in [5.74, 6) is -0.442. The number of hydrogen-bond acceptors (Lipinski definition) is 5. The third kappa shape index (κ3) is 1.78. The van der Waals surface area contributed by atoms with Gasteiger partial charge >= 0.3 is 0 Å². The Morgan fingerprint density at radius 3 is 2.85 bits per heavy atom. The maximum atomic E-state index is 12.3. The second kappa shape index (κ2) is 4.48. The van der Waals surface area contributed by atoms with Crippen molar-refractivity contribution in [1.82, 2.24) is 14.6 Å². The number of phenols is 1. The Hall–Kier alpha value is -3.20. The van der Waals surface area contributed by atoms with Crippen LogP contribution in [0.1, 0.15) is 21.5 Å². The number of aromatic nitrogens is 3. The van der Waals surface area contributed by atoms with Crippen LogP contribution >= 0.6 is 0 Å². The van der Waals surface area contributed by atoms with Gasteiger partial charge in [-0.1, -0.05) is 12.1 Å². The smallest absolute Gasteiger partial charge is 0.199 e. The van der Waals surface area contributed by atoms with Crippen molar-refractivity contribution >= 4 is 11.4 Å². The van der Waals surface area contributed by atoms with Gasteiger partial charge in [-0.3, -0.25) is 4.79 Å². The molecule has 0 amide bonds. The Morgan fingerprint density at radius 1 is 1.30 bits per heavy atom. The van der Waals surface area contributed by atoms with Crippen LogP contribution in [0.2, 0.25) is 0 Å². The van der Waals surface area contributed by atoms with Gasteiger partial charge in [-0.25, -0.2) is 9.50 Å². The van der Waals surface area contributed by atoms with Crippen LogP contribution < -0.4 is 0 Å². The van der Waals surface area contributed by atoms with Crippen molar-refractivity contribution < 1.29 is 9.90 Å². The van der Waals surface area contributed by atoms with Crippen LogP contribution in [0.5, 0.6) is 5.75 Å². The van der Waals surface area contributed by atoms with E-state index in [1.807, 2.05) is 6.07 Å². The molecule has 1 N–H and O–H groups in total. The molecule has 0 saturated heterocycles. The van der Waals surface area contributed by atoms with Crippen molar-refractivity contribution in [1.29, 1.82) is 5.26 Å².